The minimum atomic E-state index is -0.706. The molecule has 29 heavy (non-hydrogen) atoms. The molecule has 0 aromatic heterocycles. The van der Waals surface area contributed by atoms with Gasteiger partial charge in [-0.05, 0) is 40.5 Å². The Morgan fingerprint density at radius 3 is 2.72 bits per heavy atom. The molecule has 2 heterocycles. The van der Waals surface area contributed by atoms with E-state index >= 15 is 0 Å². The number of rotatable bonds is 4. The number of carbonyl (C=O) groups is 3. The third-order valence-electron chi connectivity index (χ3n) is 5.76. The Balaban J connectivity index is 2.04. The Kier molecular flexibility index (Phi) is 5.98. The van der Waals surface area contributed by atoms with E-state index in [2.05, 4.69) is 6.08 Å². The van der Waals surface area contributed by atoms with E-state index in [-0.39, 0.29) is 18.3 Å². The van der Waals surface area contributed by atoms with Crippen molar-refractivity contribution in [2.75, 3.05) is 6.61 Å². The third-order valence-corrected chi connectivity index (χ3v) is 5.76. The highest BCUT2D eigenvalue weighted by molar-refractivity contribution is 5.94. The molecule has 3 rings (SSSR count). The highest BCUT2D eigenvalue weighted by atomic mass is 16.6. The highest BCUT2D eigenvalue weighted by Crippen LogP contribution is 2.49. The van der Waals surface area contributed by atoms with Gasteiger partial charge in [-0.15, -0.1) is 0 Å². The van der Waals surface area contributed by atoms with Crippen LogP contribution >= 0.6 is 0 Å². The Hall–Kier alpha value is -2.41. The summed E-state index contributed by atoms with van der Waals surface area (Å²) in [5, 5.41) is 0. The molecule has 7 heteroatoms. The first kappa shape index (κ1) is 21.3. The Morgan fingerprint density at radius 1 is 1.34 bits per heavy atom. The second-order valence-electron chi connectivity index (χ2n) is 8.05. The molecule has 158 valence electrons. The lowest BCUT2D eigenvalue weighted by Crippen LogP contribution is -2.33. The number of hydrogen-bond donors (Lipinski definition) is 0. The number of hydrogen-bond acceptors (Lipinski definition) is 7. The van der Waals surface area contributed by atoms with Crippen molar-refractivity contribution in [3.63, 3.8) is 0 Å². The first-order valence-electron chi connectivity index (χ1n) is 9.91. The van der Waals surface area contributed by atoms with Crippen molar-refractivity contribution in [1.29, 1.82) is 0 Å². The standard InChI is InChI=1S/C22H28O7/c1-6-13(3)20(24)27-16-10-12(2)8-7-9-22(5)19(29-22)18-17(16)15(21(25)28-18)11-26-14(4)23/h6,8,16,18-19H,7,9-11H2,1-5H3/b12-8+,13-6+/t16-,18-,19+,22+/m0/s1. The number of esters is 3. The summed E-state index contributed by atoms with van der Waals surface area (Å²) in [4.78, 5) is 36.5. The molecule has 0 aromatic carbocycles. The van der Waals surface area contributed by atoms with Crippen LogP contribution in [-0.2, 0) is 33.3 Å². The fraction of sp³-hybridized carbons (Fsp3) is 0.591. The Morgan fingerprint density at radius 2 is 2.07 bits per heavy atom. The van der Waals surface area contributed by atoms with E-state index < -0.39 is 35.7 Å². The normalized spacial score (nSPS) is 33.7. The zero-order valence-corrected chi connectivity index (χ0v) is 17.6. The van der Waals surface area contributed by atoms with Gasteiger partial charge in [0.25, 0.3) is 0 Å². The molecule has 1 saturated heterocycles. The molecule has 0 aromatic rings. The van der Waals surface area contributed by atoms with Gasteiger partial charge in [0.05, 0.1) is 11.2 Å². The first-order valence-corrected chi connectivity index (χ1v) is 9.91. The van der Waals surface area contributed by atoms with E-state index in [1.807, 2.05) is 13.8 Å². The monoisotopic (exact) mass is 404 g/mol. The van der Waals surface area contributed by atoms with Gasteiger partial charge in [0, 0.05) is 24.5 Å². The van der Waals surface area contributed by atoms with E-state index in [4.69, 9.17) is 18.9 Å². The molecule has 0 spiro atoms. The van der Waals surface area contributed by atoms with E-state index in [1.165, 1.54) is 6.92 Å². The molecule has 0 radical (unpaired) electrons. The van der Waals surface area contributed by atoms with Crippen LogP contribution in [0.1, 0.15) is 53.9 Å². The van der Waals surface area contributed by atoms with E-state index in [0.29, 0.717) is 17.6 Å². The van der Waals surface area contributed by atoms with Crippen molar-refractivity contribution in [3.8, 4) is 0 Å². The molecule has 2 aliphatic heterocycles. The van der Waals surface area contributed by atoms with Crippen LogP contribution in [0, 0.1) is 0 Å². The van der Waals surface area contributed by atoms with Crippen molar-refractivity contribution in [2.45, 2.75) is 77.8 Å². The summed E-state index contributed by atoms with van der Waals surface area (Å²) < 4.78 is 22.5. The lowest BCUT2D eigenvalue weighted by atomic mass is 9.87. The quantitative estimate of drug-likeness (QED) is 0.234. The predicted molar refractivity (Wildman–Crippen MR) is 104 cm³/mol. The largest absolute Gasteiger partial charge is 0.461 e. The summed E-state index contributed by atoms with van der Waals surface area (Å²) in [7, 11) is 0. The Bertz CT molecular complexity index is 819. The molecule has 7 nitrogen and oxygen atoms in total. The number of allylic oxidation sites excluding steroid dienone is 2. The van der Waals surface area contributed by atoms with Crippen LogP contribution in [0.4, 0.5) is 0 Å². The van der Waals surface area contributed by atoms with Gasteiger partial charge >= 0.3 is 17.9 Å². The van der Waals surface area contributed by atoms with Gasteiger partial charge in [0.1, 0.15) is 18.8 Å². The van der Waals surface area contributed by atoms with E-state index in [1.54, 1.807) is 19.9 Å². The highest BCUT2D eigenvalue weighted by Gasteiger charge is 2.61. The fourth-order valence-electron chi connectivity index (χ4n) is 3.83. The molecule has 3 aliphatic rings. The third kappa shape index (κ3) is 4.45. The summed E-state index contributed by atoms with van der Waals surface area (Å²) in [6.07, 6.45) is 4.16. The van der Waals surface area contributed by atoms with Gasteiger partial charge in [0.2, 0.25) is 0 Å². The molecular weight excluding hydrogens is 376 g/mol. The summed E-state index contributed by atoms with van der Waals surface area (Å²) in [6, 6.07) is 0. The maximum absolute atomic E-state index is 12.6. The van der Waals surface area contributed by atoms with Crippen molar-refractivity contribution in [2.24, 2.45) is 0 Å². The van der Waals surface area contributed by atoms with Crippen molar-refractivity contribution < 1.29 is 33.3 Å². The van der Waals surface area contributed by atoms with Gasteiger partial charge in [-0.1, -0.05) is 17.7 Å². The van der Waals surface area contributed by atoms with Crippen LogP contribution in [0.15, 0.2) is 34.4 Å². The maximum atomic E-state index is 12.6. The van der Waals surface area contributed by atoms with Crippen LogP contribution in [0.3, 0.4) is 0 Å². The molecule has 0 saturated carbocycles. The molecule has 1 aliphatic carbocycles. The van der Waals surface area contributed by atoms with Crippen molar-refractivity contribution >= 4 is 17.9 Å². The SMILES string of the molecule is C/C=C(\C)C(=O)O[C@H]1C/C(C)=C/CC[C@@]2(C)O[C@@H]2[C@H]2OC(=O)C(COC(C)=O)=C12. The van der Waals surface area contributed by atoms with Crippen LogP contribution in [0.5, 0.6) is 0 Å². The second kappa shape index (κ2) is 8.14. The van der Waals surface area contributed by atoms with E-state index in [9.17, 15) is 14.4 Å². The molecule has 4 atom stereocenters. The predicted octanol–water partition coefficient (Wildman–Crippen LogP) is 2.94. The van der Waals surface area contributed by atoms with Gasteiger partial charge in [0.15, 0.2) is 6.10 Å². The summed E-state index contributed by atoms with van der Waals surface area (Å²) in [5.41, 5.74) is 1.88. The minimum Gasteiger partial charge on any atom is -0.461 e. The summed E-state index contributed by atoms with van der Waals surface area (Å²) in [5.74, 6) is -1.52. The molecule has 0 unspecified atom stereocenters. The van der Waals surface area contributed by atoms with Crippen LogP contribution in [0.25, 0.3) is 0 Å². The smallest absolute Gasteiger partial charge is 0.338 e. The maximum Gasteiger partial charge on any atom is 0.338 e. The Labute approximate surface area is 170 Å². The first-order chi connectivity index (χ1) is 13.7. The van der Waals surface area contributed by atoms with Crippen LogP contribution in [0.2, 0.25) is 0 Å². The van der Waals surface area contributed by atoms with E-state index in [0.717, 1.165) is 18.4 Å². The van der Waals surface area contributed by atoms with Crippen molar-refractivity contribution in [1.82, 2.24) is 0 Å². The molecular formula is C22H28O7. The average molecular weight is 404 g/mol. The van der Waals surface area contributed by atoms with Gasteiger partial charge in [-0.2, -0.15) is 0 Å². The minimum absolute atomic E-state index is 0.219. The number of ether oxygens (including phenoxy) is 4. The lowest BCUT2D eigenvalue weighted by molar-refractivity contribution is -0.143. The second-order valence-corrected chi connectivity index (χ2v) is 8.05. The summed E-state index contributed by atoms with van der Waals surface area (Å²) >= 11 is 0. The lowest BCUT2D eigenvalue weighted by Gasteiger charge is -2.25. The van der Waals surface area contributed by atoms with Gasteiger partial charge in [-0.25, -0.2) is 9.59 Å². The van der Waals surface area contributed by atoms with Gasteiger partial charge in [-0.3, -0.25) is 4.79 Å². The van der Waals surface area contributed by atoms with Crippen LogP contribution < -0.4 is 0 Å². The number of fused-ring (bicyclic) bond motifs is 3. The average Bonchev–Trinajstić information content (AvgIpc) is 3.20. The van der Waals surface area contributed by atoms with Crippen LogP contribution in [-0.4, -0.2) is 48.4 Å². The van der Waals surface area contributed by atoms with Gasteiger partial charge < -0.3 is 18.9 Å². The van der Waals surface area contributed by atoms with Crippen molar-refractivity contribution in [3.05, 3.63) is 34.4 Å². The zero-order valence-electron chi connectivity index (χ0n) is 17.6. The number of epoxide rings is 1. The summed E-state index contributed by atoms with van der Waals surface area (Å²) in [6.45, 7) is 8.45. The fourth-order valence-corrected chi connectivity index (χ4v) is 3.83. The molecule has 0 amide bonds. The molecule has 0 N–H and O–H groups in total. The topological polar surface area (TPSA) is 91.4 Å². The molecule has 1 fully saturated rings. The number of carbonyl (C=O) groups excluding carboxylic acids is 3. The molecule has 0 bridgehead atoms. The zero-order chi connectivity index (χ0) is 21.3.